The molecule has 4 nitrogen and oxygen atoms in total. The lowest BCUT2D eigenvalue weighted by molar-refractivity contribution is -0.144. The van der Waals surface area contributed by atoms with Crippen molar-refractivity contribution in [2.75, 3.05) is 6.61 Å². The normalized spacial score (nSPS) is 12.2. The highest BCUT2D eigenvalue weighted by molar-refractivity contribution is 5.77. The SMILES string of the molecule is CCOC(=O)C(C)c1ncncc1F. The Balaban J connectivity index is 2.84. The quantitative estimate of drug-likeness (QED) is 0.686. The van der Waals surface area contributed by atoms with Crippen molar-refractivity contribution in [2.24, 2.45) is 0 Å². The Hall–Kier alpha value is -1.52. The van der Waals surface area contributed by atoms with E-state index in [1.54, 1.807) is 13.8 Å². The molecule has 0 amide bonds. The second-order valence-corrected chi connectivity index (χ2v) is 2.73. The topological polar surface area (TPSA) is 52.1 Å². The summed E-state index contributed by atoms with van der Waals surface area (Å²) < 4.78 is 17.9. The van der Waals surface area contributed by atoms with Crippen molar-refractivity contribution in [2.45, 2.75) is 19.8 Å². The summed E-state index contributed by atoms with van der Waals surface area (Å²) in [6.45, 7) is 3.51. The van der Waals surface area contributed by atoms with Crippen LogP contribution < -0.4 is 0 Å². The lowest BCUT2D eigenvalue weighted by atomic mass is 10.1. The van der Waals surface area contributed by atoms with Crippen molar-refractivity contribution in [3.05, 3.63) is 24.0 Å². The third-order valence-corrected chi connectivity index (χ3v) is 1.75. The predicted molar refractivity (Wildman–Crippen MR) is 47.0 cm³/mol. The molecule has 1 unspecified atom stereocenters. The van der Waals surface area contributed by atoms with E-state index in [4.69, 9.17) is 4.74 Å². The molecule has 0 aromatic carbocycles. The number of hydrogen-bond acceptors (Lipinski definition) is 4. The fraction of sp³-hybridized carbons (Fsp3) is 0.444. The monoisotopic (exact) mass is 198 g/mol. The Labute approximate surface area is 81.1 Å². The first-order valence-electron chi connectivity index (χ1n) is 4.28. The first-order valence-corrected chi connectivity index (χ1v) is 4.28. The van der Waals surface area contributed by atoms with Crippen LogP contribution in [0.4, 0.5) is 4.39 Å². The molecule has 0 radical (unpaired) electrons. The number of rotatable bonds is 3. The van der Waals surface area contributed by atoms with E-state index in [1.165, 1.54) is 6.33 Å². The molecular weight excluding hydrogens is 187 g/mol. The first kappa shape index (κ1) is 10.6. The highest BCUT2D eigenvalue weighted by atomic mass is 19.1. The zero-order valence-electron chi connectivity index (χ0n) is 8.03. The number of carbonyl (C=O) groups excluding carboxylic acids is 1. The van der Waals surface area contributed by atoms with Gasteiger partial charge in [-0.3, -0.25) is 4.79 Å². The van der Waals surface area contributed by atoms with Crippen molar-refractivity contribution in [1.29, 1.82) is 0 Å². The van der Waals surface area contributed by atoms with Crippen LogP contribution in [0.25, 0.3) is 0 Å². The lowest BCUT2D eigenvalue weighted by Gasteiger charge is -2.09. The standard InChI is InChI=1S/C9H11FN2O2/c1-3-14-9(13)6(2)8-7(10)4-11-5-12-8/h4-6H,3H2,1-2H3. The van der Waals surface area contributed by atoms with Crippen LogP contribution in [0, 0.1) is 5.82 Å². The number of ether oxygens (including phenoxy) is 1. The van der Waals surface area contributed by atoms with Crippen molar-refractivity contribution in [3.63, 3.8) is 0 Å². The molecular formula is C9H11FN2O2. The number of halogens is 1. The molecule has 1 aromatic heterocycles. The molecule has 1 heterocycles. The zero-order valence-corrected chi connectivity index (χ0v) is 8.03. The van der Waals surface area contributed by atoms with Gasteiger partial charge in [0.1, 0.15) is 6.33 Å². The second kappa shape index (κ2) is 4.64. The van der Waals surface area contributed by atoms with Gasteiger partial charge in [-0.1, -0.05) is 0 Å². The smallest absolute Gasteiger partial charge is 0.314 e. The van der Waals surface area contributed by atoms with Crippen LogP contribution in [0.15, 0.2) is 12.5 Å². The Morgan fingerprint density at radius 2 is 2.43 bits per heavy atom. The molecule has 5 heteroatoms. The molecule has 0 aliphatic carbocycles. The molecule has 0 bridgehead atoms. The van der Waals surface area contributed by atoms with Crippen LogP contribution in [-0.2, 0) is 9.53 Å². The van der Waals surface area contributed by atoms with Crippen LogP contribution in [0.1, 0.15) is 25.5 Å². The average molecular weight is 198 g/mol. The molecule has 1 aromatic rings. The Morgan fingerprint density at radius 1 is 1.71 bits per heavy atom. The minimum atomic E-state index is -0.696. The van der Waals surface area contributed by atoms with Crippen molar-refractivity contribution in [1.82, 2.24) is 9.97 Å². The maximum atomic E-state index is 13.1. The van der Waals surface area contributed by atoms with Gasteiger partial charge in [0.05, 0.1) is 24.4 Å². The molecule has 0 saturated heterocycles. The van der Waals surface area contributed by atoms with E-state index in [0.29, 0.717) is 0 Å². The average Bonchev–Trinajstić information content (AvgIpc) is 2.18. The van der Waals surface area contributed by atoms with Gasteiger partial charge in [-0.05, 0) is 13.8 Å². The van der Waals surface area contributed by atoms with Crippen LogP contribution >= 0.6 is 0 Å². The van der Waals surface area contributed by atoms with E-state index in [2.05, 4.69) is 9.97 Å². The van der Waals surface area contributed by atoms with Gasteiger partial charge >= 0.3 is 5.97 Å². The maximum absolute atomic E-state index is 13.1. The van der Waals surface area contributed by atoms with E-state index in [-0.39, 0.29) is 12.3 Å². The summed E-state index contributed by atoms with van der Waals surface area (Å²) in [5.74, 6) is -1.77. The van der Waals surface area contributed by atoms with E-state index in [1.807, 2.05) is 0 Å². The molecule has 1 atom stereocenters. The number of carbonyl (C=O) groups is 1. The van der Waals surface area contributed by atoms with Crippen LogP contribution in [0.2, 0.25) is 0 Å². The Bertz CT molecular complexity index is 330. The maximum Gasteiger partial charge on any atom is 0.314 e. The third-order valence-electron chi connectivity index (χ3n) is 1.75. The fourth-order valence-electron chi connectivity index (χ4n) is 1.02. The lowest BCUT2D eigenvalue weighted by Crippen LogP contribution is -2.15. The Morgan fingerprint density at radius 3 is 3.00 bits per heavy atom. The van der Waals surface area contributed by atoms with Crippen molar-refractivity contribution < 1.29 is 13.9 Å². The van der Waals surface area contributed by atoms with Gasteiger partial charge in [0.25, 0.3) is 0 Å². The van der Waals surface area contributed by atoms with Gasteiger partial charge < -0.3 is 4.74 Å². The molecule has 0 saturated carbocycles. The molecule has 0 aliphatic rings. The first-order chi connectivity index (χ1) is 6.66. The van der Waals surface area contributed by atoms with Crippen LogP contribution in [0.3, 0.4) is 0 Å². The van der Waals surface area contributed by atoms with Gasteiger partial charge in [0.2, 0.25) is 0 Å². The zero-order chi connectivity index (χ0) is 10.6. The molecule has 0 N–H and O–H groups in total. The number of hydrogen-bond donors (Lipinski definition) is 0. The van der Waals surface area contributed by atoms with Crippen LogP contribution in [-0.4, -0.2) is 22.5 Å². The summed E-state index contributed by atoms with van der Waals surface area (Å²) in [6, 6.07) is 0. The molecule has 14 heavy (non-hydrogen) atoms. The minimum Gasteiger partial charge on any atom is -0.465 e. The van der Waals surface area contributed by atoms with Crippen LogP contribution in [0.5, 0.6) is 0 Å². The Kier molecular flexibility index (Phi) is 3.50. The summed E-state index contributed by atoms with van der Waals surface area (Å²) in [5, 5.41) is 0. The van der Waals surface area contributed by atoms with E-state index in [0.717, 1.165) is 6.20 Å². The minimum absolute atomic E-state index is 0.0680. The van der Waals surface area contributed by atoms with Gasteiger partial charge in [-0.2, -0.15) is 0 Å². The predicted octanol–water partition coefficient (Wildman–Crippen LogP) is 1.28. The molecule has 0 fully saturated rings. The molecule has 76 valence electrons. The summed E-state index contributed by atoms with van der Waals surface area (Å²) >= 11 is 0. The fourth-order valence-corrected chi connectivity index (χ4v) is 1.02. The number of esters is 1. The van der Waals surface area contributed by atoms with Gasteiger partial charge in [-0.25, -0.2) is 14.4 Å². The summed E-state index contributed by atoms with van der Waals surface area (Å²) in [5.41, 5.74) is 0.0680. The van der Waals surface area contributed by atoms with Gasteiger partial charge in [-0.15, -0.1) is 0 Å². The molecule has 1 rings (SSSR count). The highest BCUT2D eigenvalue weighted by Crippen LogP contribution is 2.16. The van der Waals surface area contributed by atoms with Crippen molar-refractivity contribution in [3.8, 4) is 0 Å². The summed E-state index contributed by atoms with van der Waals surface area (Å²) in [6.07, 6.45) is 2.23. The number of nitrogens with zero attached hydrogens (tertiary/aromatic N) is 2. The molecule has 0 spiro atoms. The third kappa shape index (κ3) is 2.25. The van der Waals surface area contributed by atoms with E-state index < -0.39 is 17.7 Å². The summed E-state index contributed by atoms with van der Waals surface area (Å²) in [7, 11) is 0. The van der Waals surface area contributed by atoms with Gasteiger partial charge in [0.15, 0.2) is 5.82 Å². The summed E-state index contributed by atoms with van der Waals surface area (Å²) in [4.78, 5) is 18.4. The highest BCUT2D eigenvalue weighted by Gasteiger charge is 2.21. The van der Waals surface area contributed by atoms with E-state index in [9.17, 15) is 9.18 Å². The number of aromatic nitrogens is 2. The largest absolute Gasteiger partial charge is 0.465 e. The van der Waals surface area contributed by atoms with Crippen molar-refractivity contribution >= 4 is 5.97 Å². The van der Waals surface area contributed by atoms with Gasteiger partial charge in [0, 0.05) is 0 Å². The van der Waals surface area contributed by atoms with E-state index >= 15 is 0 Å². The molecule has 0 aliphatic heterocycles. The second-order valence-electron chi connectivity index (χ2n) is 2.73.